The van der Waals surface area contributed by atoms with Crippen LogP contribution in [0.25, 0.3) is 10.4 Å². The smallest absolute Gasteiger partial charge is 0.217 e. The Morgan fingerprint density at radius 2 is 2.50 bits per heavy atom. The summed E-state index contributed by atoms with van der Waals surface area (Å²) in [7, 11) is 1.52. The molecule has 1 aromatic heterocycles. The van der Waals surface area contributed by atoms with Crippen LogP contribution < -0.4 is 4.74 Å². The quantitative estimate of drug-likeness (QED) is 0.437. The second-order valence-corrected chi connectivity index (χ2v) is 2.89. The third kappa shape index (κ3) is 2.52. The number of hydrogen-bond donors (Lipinski definition) is 0. The average Bonchev–Trinajstić information content (AvgIpc) is 2.20. The van der Waals surface area contributed by atoms with Crippen LogP contribution in [-0.4, -0.2) is 18.6 Å². The molecule has 0 N–H and O–H groups in total. The van der Waals surface area contributed by atoms with Crippen LogP contribution in [0.3, 0.4) is 0 Å². The van der Waals surface area contributed by atoms with Gasteiger partial charge in [-0.3, -0.25) is 0 Å². The first-order valence-electron chi connectivity index (χ1n) is 3.97. The van der Waals surface area contributed by atoms with Crippen molar-refractivity contribution in [3.63, 3.8) is 0 Å². The molecular weight excluding hydrogens is 204 g/mol. The molecule has 0 aliphatic heterocycles. The minimum Gasteiger partial charge on any atom is -0.481 e. The van der Waals surface area contributed by atoms with Crippen molar-refractivity contribution in [3.05, 3.63) is 33.3 Å². The molecule has 0 bridgehead atoms. The van der Waals surface area contributed by atoms with E-state index in [2.05, 4.69) is 15.0 Å². The highest BCUT2D eigenvalue weighted by Gasteiger charge is 2.07. The Hall–Kier alpha value is -1.45. The molecule has 0 saturated carbocycles. The molecule has 0 aliphatic rings. The van der Waals surface area contributed by atoms with Gasteiger partial charge in [0.25, 0.3) is 0 Å². The van der Waals surface area contributed by atoms with Gasteiger partial charge >= 0.3 is 0 Å². The fourth-order valence-corrected chi connectivity index (χ4v) is 1.29. The topological polar surface area (TPSA) is 70.9 Å². The van der Waals surface area contributed by atoms with E-state index in [4.69, 9.17) is 21.9 Å². The van der Waals surface area contributed by atoms with Gasteiger partial charge < -0.3 is 4.74 Å². The monoisotopic (exact) mass is 212 g/mol. The Bertz CT molecular complexity index is 362. The van der Waals surface area contributed by atoms with Crippen molar-refractivity contribution in [2.75, 3.05) is 13.7 Å². The maximum Gasteiger partial charge on any atom is 0.217 e. The lowest BCUT2D eigenvalue weighted by molar-refractivity contribution is 0.392. The van der Waals surface area contributed by atoms with E-state index in [1.807, 2.05) is 0 Å². The first kappa shape index (κ1) is 10.6. The molecule has 0 saturated heterocycles. The summed E-state index contributed by atoms with van der Waals surface area (Å²) in [5.74, 6) is 0.477. The molecule has 5 nitrogen and oxygen atoms in total. The van der Waals surface area contributed by atoms with Gasteiger partial charge in [0.2, 0.25) is 5.88 Å². The lowest BCUT2D eigenvalue weighted by Gasteiger charge is -2.06. The first-order chi connectivity index (χ1) is 6.79. The summed E-state index contributed by atoms with van der Waals surface area (Å²) in [6.07, 6.45) is 2.10. The van der Waals surface area contributed by atoms with Gasteiger partial charge in [-0.25, -0.2) is 4.98 Å². The van der Waals surface area contributed by atoms with Crippen molar-refractivity contribution < 1.29 is 4.74 Å². The molecule has 74 valence electrons. The van der Waals surface area contributed by atoms with Crippen molar-refractivity contribution in [1.82, 2.24) is 4.98 Å². The van der Waals surface area contributed by atoms with Gasteiger partial charge in [0.15, 0.2) is 0 Å². The van der Waals surface area contributed by atoms with Gasteiger partial charge in [0, 0.05) is 23.2 Å². The van der Waals surface area contributed by atoms with E-state index in [-0.39, 0.29) is 0 Å². The van der Waals surface area contributed by atoms with Crippen molar-refractivity contribution >= 4 is 11.6 Å². The summed E-state index contributed by atoms with van der Waals surface area (Å²) in [6, 6.07) is 1.68. The van der Waals surface area contributed by atoms with Crippen LogP contribution in [0.15, 0.2) is 17.4 Å². The Morgan fingerprint density at radius 1 is 1.71 bits per heavy atom. The number of hydrogen-bond acceptors (Lipinski definition) is 3. The number of azide groups is 1. The minimum atomic E-state index is 0.346. The lowest BCUT2D eigenvalue weighted by atomic mass is 10.2. The molecule has 0 atom stereocenters. The number of halogens is 1. The second kappa shape index (κ2) is 5.32. The fourth-order valence-electron chi connectivity index (χ4n) is 1.06. The van der Waals surface area contributed by atoms with Crippen LogP contribution in [0.4, 0.5) is 0 Å². The van der Waals surface area contributed by atoms with E-state index < -0.39 is 0 Å². The SMILES string of the molecule is COc1nccc(Cl)c1CCN=[N+]=[N-]. The lowest BCUT2D eigenvalue weighted by Crippen LogP contribution is -1.97. The molecule has 0 radical (unpaired) electrons. The third-order valence-corrected chi connectivity index (χ3v) is 2.03. The predicted octanol–water partition coefficient (Wildman–Crippen LogP) is 2.60. The number of pyridine rings is 1. The summed E-state index contributed by atoms with van der Waals surface area (Å²) < 4.78 is 5.03. The molecule has 0 unspecified atom stereocenters. The summed E-state index contributed by atoms with van der Waals surface area (Å²) >= 11 is 5.93. The molecule has 0 amide bonds. The van der Waals surface area contributed by atoms with Crippen molar-refractivity contribution in [1.29, 1.82) is 0 Å². The number of ether oxygens (including phenoxy) is 1. The number of rotatable bonds is 4. The first-order valence-corrected chi connectivity index (χ1v) is 4.35. The Kier molecular flexibility index (Phi) is 4.04. The molecule has 0 spiro atoms. The van der Waals surface area contributed by atoms with Crippen LogP contribution in [0.1, 0.15) is 5.56 Å². The van der Waals surface area contributed by atoms with Crippen molar-refractivity contribution in [2.24, 2.45) is 5.11 Å². The Balaban J connectivity index is 2.87. The Labute approximate surface area is 86.3 Å². The molecule has 6 heteroatoms. The largest absolute Gasteiger partial charge is 0.481 e. The van der Waals surface area contributed by atoms with Gasteiger partial charge in [0.1, 0.15) is 0 Å². The summed E-state index contributed by atoms with van der Waals surface area (Å²) in [4.78, 5) is 6.65. The highest BCUT2D eigenvalue weighted by Crippen LogP contribution is 2.23. The zero-order valence-corrected chi connectivity index (χ0v) is 8.40. The van der Waals surface area contributed by atoms with E-state index in [9.17, 15) is 0 Å². The van der Waals surface area contributed by atoms with Crippen molar-refractivity contribution in [3.8, 4) is 5.88 Å². The number of aromatic nitrogens is 1. The average molecular weight is 213 g/mol. The Morgan fingerprint density at radius 3 is 3.14 bits per heavy atom. The zero-order valence-electron chi connectivity index (χ0n) is 7.64. The summed E-state index contributed by atoms with van der Waals surface area (Å²) in [5, 5.41) is 4.00. The van der Waals surface area contributed by atoms with Crippen molar-refractivity contribution in [2.45, 2.75) is 6.42 Å². The van der Waals surface area contributed by atoms with Crippen LogP contribution in [0.5, 0.6) is 5.88 Å². The molecule has 0 aliphatic carbocycles. The molecule has 1 heterocycles. The van der Waals surface area contributed by atoms with E-state index in [0.717, 1.165) is 5.56 Å². The summed E-state index contributed by atoms with van der Waals surface area (Å²) in [5.41, 5.74) is 8.89. The van der Waals surface area contributed by atoms with E-state index >= 15 is 0 Å². The van der Waals surface area contributed by atoms with Crippen LogP contribution in [0.2, 0.25) is 5.02 Å². The van der Waals surface area contributed by atoms with Gasteiger partial charge in [-0.2, -0.15) is 0 Å². The summed E-state index contributed by atoms with van der Waals surface area (Å²) in [6.45, 7) is 0.346. The van der Waals surface area contributed by atoms with E-state index in [1.165, 1.54) is 7.11 Å². The number of nitrogens with zero attached hydrogens (tertiary/aromatic N) is 4. The van der Waals surface area contributed by atoms with Crippen LogP contribution >= 0.6 is 11.6 Å². The van der Waals surface area contributed by atoms with Gasteiger partial charge in [-0.05, 0) is 18.0 Å². The second-order valence-electron chi connectivity index (χ2n) is 2.49. The highest BCUT2D eigenvalue weighted by atomic mass is 35.5. The molecule has 0 fully saturated rings. The van der Waals surface area contributed by atoms with E-state index in [0.29, 0.717) is 23.9 Å². The third-order valence-electron chi connectivity index (χ3n) is 1.68. The molecule has 0 aromatic carbocycles. The van der Waals surface area contributed by atoms with Gasteiger partial charge in [-0.1, -0.05) is 16.7 Å². The highest BCUT2D eigenvalue weighted by molar-refractivity contribution is 6.31. The molecule has 1 rings (SSSR count). The van der Waals surface area contributed by atoms with E-state index in [1.54, 1.807) is 12.3 Å². The van der Waals surface area contributed by atoms with Crippen LogP contribution in [-0.2, 0) is 6.42 Å². The maximum absolute atomic E-state index is 8.12. The van der Waals surface area contributed by atoms with Crippen LogP contribution in [0, 0.1) is 0 Å². The molecular formula is C8H9ClN4O. The maximum atomic E-state index is 8.12. The van der Waals surface area contributed by atoms with Gasteiger partial charge in [-0.15, -0.1) is 0 Å². The molecule has 14 heavy (non-hydrogen) atoms. The number of methoxy groups -OCH3 is 1. The standard InChI is InChI=1S/C8H9ClN4O/c1-14-8-6(2-5-12-13-10)7(9)3-4-11-8/h3-4H,2,5H2,1H3. The zero-order chi connectivity index (χ0) is 10.4. The predicted molar refractivity (Wildman–Crippen MR) is 53.5 cm³/mol. The normalized spacial score (nSPS) is 9.29. The van der Waals surface area contributed by atoms with Gasteiger partial charge in [0.05, 0.1) is 12.1 Å². The molecule has 1 aromatic rings. The fraction of sp³-hybridized carbons (Fsp3) is 0.375. The minimum absolute atomic E-state index is 0.346.